The molecule has 0 aliphatic heterocycles. The normalized spacial score (nSPS) is 10.4. The number of pyridine rings is 1. The van der Waals surface area contributed by atoms with E-state index in [-0.39, 0.29) is 11.8 Å². The number of halogens is 1. The highest BCUT2D eigenvalue weighted by atomic mass is 35.5. The second-order valence-corrected chi connectivity index (χ2v) is 7.86. The van der Waals surface area contributed by atoms with Crippen LogP contribution >= 0.6 is 11.6 Å². The zero-order valence-corrected chi connectivity index (χ0v) is 19.0. The Labute approximate surface area is 202 Å². The van der Waals surface area contributed by atoms with Gasteiger partial charge in [0, 0.05) is 35.1 Å². The van der Waals surface area contributed by atoms with E-state index in [1.165, 1.54) is 0 Å². The summed E-state index contributed by atoms with van der Waals surface area (Å²) in [6.07, 6.45) is 3.36. The molecule has 1 aromatic heterocycles. The first-order valence-electron chi connectivity index (χ1n) is 10.6. The number of amides is 2. The molecule has 34 heavy (non-hydrogen) atoms. The summed E-state index contributed by atoms with van der Waals surface area (Å²) in [6.45, 7) is 0.664. The standard InChI is InChI=1S/C27H22ClN3O3/c28-24-9-3-1-7-21(24)18-34-22-13-11-20(12-14-22)26(32)31-25-10-4-2-8-23(25)27(33)30-17-19-6-5-15-29-16-19/h1-16H,17-18H2,(H,30,33)(H,31,32). The predicted molar refractivity (Wildman–Crippen MR) is 132 cm³/mol. The molecule has 0 aliphatic carbocycles. The van der Waals surface area contributed by atoms with Crippen molar-refractivity contribution < 1.29 is 14.3 Å². The lowest BCUT2D eigenvalue weighted by atomic mass is 10.1. The Balaban J connectivity index is 1.38. The largest absolute Gasteiger partial charge is 0.489 e. The van der Waals surface area contributed by atoms with Gasteiger partial charge in [-0.25, -0.2) is 0 Å². The maximum Gasteiger partial charge on any atom is 0.255 e. The van der Waals surface area contributed by atoms with Gasteiger partial charge in [0.2, 0.25) is 0 Å². The number of aromatic nitrogens is 1. The molecule has 7 heteroatoms. The van der Waals surface area contributed by atoms with Crippen molar-refractivity contribution in [3.63, 3.8) is 0 Å². The van der Waals surface area contributed by atoms with Gasteiger partial charge >= 0.3 is 0 Å². The van der Waals surface area contributed by atoms with Gasteiger partial charge in [0.25, 0.3) is 11.8 Å². The van der Waals surface area contributed by atoms with Gasteiger partial charge in [-0.1, -0.05) is 48.0 Å². The number of nitrogens with one attached hydrogen (secondary N) is 2. The topological polar surface area (TPSA) is 80.3 Å². The number of hydrogen-bond donors (Lipinski definition) is 2. The van der Waals surface area contributed by atoms with Crippen molar-refractivity contribution in [2.45, 2.75) is 13.2 Å². The number of anilines is 1. The molecule has 170 valence electrons. The quantitative estimate of drug-likeness (QED) is 0.356. The predicted octanol–water partition coefficient (Wildman–Crippen LogP) is 5.50. The number of benzene rings is 3. The van der Waals surface area contributed by atoms with E-state index in [0.29, 0.717) is 40.7 Å². The van der Waals surface area contributed by atoms with Gasteiger partial charge in [-0.15, -0.1) is 0 Å². The van der Waals surface area contributed by atoms with Crippen LogP contribution in [0, 0.1) is 0 Å². The second-order valence-electron chi connectivity index (χ2n) is 7.45. The minimum absolute atomic E-state index is 0.289. The molecule has 0 saturated heterocycles. The van der Waals surface area contributed by atoms with Crippen molar-refractivity contribution in [3.8, 4) is 5.75 Å². The number of rotatable bonds is 8. The second kappa shape index (κ2) is 11.1. The number of hydrogen-bond acceptors (Lipinski definition) is 4. The van der Waals surface area contributed by atoms with Gasteiger partial charge in [0.1, 0.15) is 12.4 Å². The Hall–Kier alpha value is -4.16. The van der Waals surface area contributed by atoms with Crippen molar-refractivity contribution in [2.24, 2.45) is 0 Å². The molecule has 0 aliphatic rings. The van der Waals surface area contributed by atoms with Crippen molar-refractivity contribution in [2.75, 3.05) is 5.32 Å². The van der Waals surface area contributed by atoms with Crippen LogP contribution in [0.4, 0.5) is 5.69 Å². The van der Waals surface area contributed by atoms with Crippen LogP contribution in [-0.4, -0.2) is 16.8 Å². The monoisotopic (exact) mass is 471 g/mol. The van der Waals surface area contributed by atoms with Crippen LogP contribution in [0.2, 0.25) is 5.02 Å². The number of carbonyl (C=O) groups excluding carboxylic acids is 2. The molecule has 6 nitrogen and oxygen atoms in total. The Morgan fingerprint density at radius 2 is 1.62 bits per heavy atom. The summed E-state index contributed by atoms with van der Waals surface area (Å²) in [4.78, 5) is 29.5. The van der Waals surface area contributed by atoms with Crippen LogP contribution < -0.4 is 15.4 Å². The fraction of sp³-hybridized carbons (Fsp3) is 0.0741. The molecule has 2 amide bonds. The Bertz CT molecular complexity index is 1280. The molecule has 0 spiro atoms. The average Bonchev–Trinajstić information content (AvgIpc) is 2.88. The third kappa shape index (κ3) is 5.99. The lowest BCUT2D eigenvalue weighted by molar-refractivity contribution is 0.0951. The third-order valence-electron chi connectivity index (χ3n) is 5.06. The molecule has 4 rings (SSSR count). The van der Waals surface area contributed by atoms with Gasteiger partial charge in [0.15, 0.2) is 0 Å². The summed E-state index contributed by atoms with van der Waals surface area (Å²) < 4.78 is 5.77. The molecule has 0 atom stereocenters. The highest BCUT2D eigenvalue weighted by Crippen LogP contribution is 2.20. The van der Waals surface area contributed by atoms with E-state index in [9.17, 15) is 9.59 Å². The van der Waals surface area contributed by atoms with Crippen molar-refractivity contribution >= 4 is 29.1 Å². The highest BCUT2D eigenvalue weighted by molar-refractivity contribution is 6.31. The SMILES string of the molecule is O=C(Nc1ccccc1C(=O)NCc1cccnc1)c1ccc(OCc2ccccc2Cl)cc1. The lowest BCUT2D eigenvalue weighted by Crippen LogP contribution is -2.25. The van der Waals surface area contributed by atoms with Gasteiger partial charge in [-0.3, -0.25) is 14.6 Å². The van der Waals surface area contributed by atoms with Crippen LogP contribution in [0.15, 0.2) is 97.3 Å². The number of nitrogens with zero attached hydrogens (tertiary/aromatic N) is 1. The molecule has 0 saturated carbocycles. The van der Waals surface area contributed by atoms with E-state index < -0.39 is 0 Å². The minimum Gasteiger partial charge on any atom is -0.489 e. The summed E-state index contributed by atoms with van der Waals surface area (Å²) in [6, 6.07) is 24.8. The number of ether oxygens (including phenoxy) is 1. The molecule has 0 unspecified atom stereocenters. The molecule has 3 aromatic carbocycles. The van der Waals surface area contributed by atoms with Crippen LogP contribution in [0.25, 0.3) is 0 Å². The molecular weight excluding hydrogens is 450 g/mol. The zero-order chi connectivity index (χ0) is 23.8. The van der Waals surface area contributed by atoms with Gasteiger partial charge < -0.3 is 15.4 Å². The molecular formula is C27H22ClN3O3. The summed E-state index contributed by atoms with van der Waals surface area (Å²) in [5, 5.41) is 6.31. The third-order valence-corrected chi connectivity index (χ3v) is 5.43. The lowest BCUT2D eigenvalue weighted by Gasteiger charge is -2.12. The fourth-order valence-corrected chi connectivity index (χ4v) is 3.43. The van der Waals surface area contributed by atoms with Crippen molar-refractivity contribution in [3.05, 3.63) is 125 Å². The molecule has 1 heterocycles. The molecule has 0 fully saturated rings. The van der Waals surface area contributed by atoms with E-state index in [1.54, 1.807) is 60.9 Å². The smallest absolute Gasteiger partial charge is 0.255 e. The van der Waals surface area contributed by atoms with Crippen molar-refractivity contribution in [1.29, 1.82) is 0 Å². The van der Waals surface area contributed by atoms with Gasteiger partial charge in [-0.05, 0) is 54.1 Å². The van der Waals surface area contributed by atoms with Gasteiger partial charge in [0.05, 0.1) is 11.3 Å². The highest BCUT2D eigenvalue weighted by Gasteiger charge is 2.14. The summed E-state index contributed by atoms with van der Waals surface area (Å²) in [5.74, 6) is -0.000105. The first-order valence-corrected chi connectivity index (χ1v) is 11.0. The van der Waals surface area contributed by atoms with E-state index in [2.05, 4.69) is 15.6 Å². The van der Waals surface area contributed by atoms with Crippen LogP contribution in [0.5, 0.6) is 5.75 Å². The zero-order valence-electron chi connectivity index (χ0n) is 18.2. The molecule has 2 N–H and O–H groups in total. The van der Waals surface area contributed by atoms with E-state index in [4.69, 9.17) is 16.3 Å². The van der Waals surface area contributed by atoms with Crippen LogP contribution in [-0.2, 0) is 13.2 Å². The number of carbonyl (C=O) groups is 2. The van der Waals surface area contributed by atoms with Crippen LogP contribution in [0.1, 0.15) is 31.8 Å². The minimum atomic E-state index is -0.329. The summed E-state index contributed by atoms with van der Waals surface area (Å²) in [5.41, 5.74) is 3.00. The summed E-state index contributed by atoms with van der Waals surface area (Å²) in [7, 11) is 0. The molecule has 0 radical (unpaired) electrons. The van der Waals surface area contributed by atoms with E-state index >= 15 is 0 Å². The average molecular weight is 472 g/mol. The van der Waals surface area contributed by atoms with Gasteiger partial charge in [-0.2, -0.15) is 0 Å². The Morgan fingerprint density at radius 3 is 2.38 bits per heavy atom. The maximum atomic E-state index is 12.8. The Kier molecular flexibility index (Phi) is 7.53. The first-order chi connectivity index (χ1) is 16.6. The van der Waals surface area contributed by atoms with Crippen molar-refractivity contribution in [1.82, 2.24) is 10.3 Å². The maximum absolute atomic E-state index is 12.8. The first kappa shape index (κ1) is 23.0. The van der Waals surface area contributed by atoms with E-state index in [1.807, 2.05) is 36.4 Å². The summed E-state index contributed by atoms with van der Waals surface area (Å²) >= 11 is 6.16. The van der Waals surface area contributed by atoms with E-state index in [0.717, 1.165) is 11.1 Å². The molecule has 0 bridgehead atoms. The Morgan fingerprint density at radius 1 is 0.853 bits per heavy atom. The number of para-hydroxylation sites is 1. The van der Waals surface area contributed by atoms with Crippen LogP contribution in [0.3, 0.4) is 0 Å². The molecule has 4 aromatic rings. The fourth-order valence-electron chi connectivity index (χ4n) is 3.24.